The molecule has 1 aliphatic carbocycles. The molecule has 0 aromatic carbocycles. The third-order valence-electron chi connectivity index (χ3n) is 4.02. The number of hydrogen-bond acceptors (Lipinski definition) is 2. The predicted octanol–water partition coefficient (Wildman–Crippen LogP) is 1.78. The number of likely N-dealkylation sites (N-methyl/N-ethyl adjacent to an activating group) is 1. The van der Waals surface area contributed by atoms with Gasteiger partial charge in [0.25, 0.3) is 0 Å². The van der Waals surface area contributed by atoms with E-state index in [1.165, 1.54) is 38.5 Å². The Labute approximate surface area is 98.6 Å². The van der Waals surface area contributed by atoms with Crippen molar-refractivity contribution >= 4 is 5.91 Å². The number of amides is 1. The van der Waals surface area contributed by atoms with Gasteiger partial charge in [-0.05, 0) is 38.1 Å². The standard InChI is InChI=1S/C13H24N2O/c1-15(10-12-7-2-3-8-14-12)13(16)9-11-5-4-6-11/h11-12,14H,2-10H2,1H3. The zero-order valence-electron chi connectivity index (χ0n) is 10.4. The summed E-state index contributed by atoms with van der Waals surface area (Å²) >= 11 is 0. The van der Waals surface area contributed by atoms with E-state index in [2.05, 4.69) is 5.32 Å². The second-order valence-electron chi connectivity index (χ2n) is 5.42. The average molecular weight is 224 g/mol. The maximum Gasteiger partial charge on any atom is 0.222 e. The minimum atomic E-state index is 0.345. The van der Waals surface area contributed by atoms with E-state index in [0.29, 0.717) is 17.9 Å². The Hall–Kier alpha value is -0.570. The molecule has 1 aliphatic heterocycles. The summed E-state index contributed by atoms with van der Waals surface area (Å²) in [5.74, 6) is 1.03. The zero-order valence-corrected chi connectivity index (χ0v) is 10.4. The molecule has 0 radical (unpaired) electrons. The molecule has 1 heterocycles. The van der Waals surface area contributed by atoms with Crippen LogP contribution in [0.2, 0.25) is 0 Å². The van der Waals surface area contributed by atoms with E-state index in [4.69, 9.17) is 0 Å². The summed E-state index contributed by atoms with van der Waals surface area (Å²) in [5.41, 5.74) is 0. The van der Waals surface area contributed by atoms with Crippen LogP contribution >= 0.6 is 0 Å². The summed E-state index contributed by atoms with van der Waals surface area (Å²) in [6.07, 6.45) is 8.46. The highest BCUT2D eigenvalue weighted by atomic mass is 16.2. The van der Waals surface area contributed by atoms with Crippen LogP contribution in [0, 0.1) is 5.92 Å². The van der Waals surface area contributed by atoms with Gasteiger partial charge < -0.3 is 10.2 Å². The van der Waals surface area contributed by atoms with Gasteiger partial charge in [-0.1, -0.05) is 12.8 Å². The fourth-order valence-electron chi connectivity index (χ4n) is 2.61. The highest BCUT2D eigenvalue weighted by molar-refractivity contribution is 5.76. The number of piperidine rings is 1. The van der Waals surface area contributed by atoms with Crippen LogP contribution in [0.4, 0.5) is 0 Å². The maximum absolute atomic E-state index is 11.9. The number of carbonyl (C=O) groups is 1. The lowest BCUT2D eigenvalue weighted by molar-refractivity contribution is -0.131. The summed E-state index contributed by atoms with van der Waals surface area (Å²) in [6, 6.07) is 0.532. The molecule has 1 atom stereocenters. The van der Waals surface area contributed by atoms with E-state index in [9.17, 15) is 4.79 Å². The predicted molar refractivity (Wildman–Crippen MR) is 65.2 cm³/mol. The Bertz CT molecular complexity index is 232. The van der Waals surface area contributed by atoms with Crippen LogP contribution in [0.3, 0.4) is 0 Å². The third-order valence-corrected chi connectivity index (χ3v) is 4.02. The van der Waals surface area contributed by atoms with Crippen molar-refractivity contribution in [1.29, 1.82) is 0 Å². The van der Waals surface area contributed by atoms with Crippen LogP contribution in [-0.2, 0) is 4.79 Å². The molecule has 1 amide bonds. The highest BCUT2D eigenvalue weighted by Gasteiger charge is 2.23. The number of nitrogens with one attached hydrogen (secondary N) is 1. The molecule has 0 aromatic rings. The monoisotopic (exact) mass is 224 g/mol. The Morgan fingerprint density at radius 2 is 2.06 bits per heavy atom. The Morgan fingerprint density at radius 1 is 1.25 bits per heavy atom. The van der Waals surface area contributed by atoms with E-state index in [1.54, 1.807) is 0 Å². The van der Waals surface area contributed by atoms with Gasteiger partial charge in [0, 0.05) is 26.1 Å². The van der Waals surface area contributed by atoms with Gasteiger partial charge in [0.05, 0.1) is 0 Å². The fraction of sp³-hybridized carbons (Fsp3) is 0.923. The van der Waals surface area contributed by atoms with Crippen molar-refractivity contribution < 1.29 is 4.79 Å². The molecule has 0 aromatic heterocycles. The van der Waals surface area contributed by atoms with Gasteiger partial charge in [-0.3, -0.25) is 4.79 Å². The summed E-state index contributed by atoms with van der Waals surface area (Å²) in [5, 5.41) is 3.49. The molecular weight excluding hydrogens is 200 g/mol. The molecule has 2 aliphatic rings. The van der Waals surface area contributed by atoms with Gasteiger partial charge in [-0.25, -0.2) is 0 Å². The molecule has 16 heavy (non-hydrogen) atoms. The highest BCUT2D eigenvalue weighted by Crippen LogP contribution is 2.29. The van der Waals surface area contributed by atoms with E-state index >= 15 is 0 Å². The molecule has 2 rings (SSSR count). The topological polar surface area (TPSA) is 32.3 Å². The van der Waals surface area contributed by atoms with Crippen LogP contribution < -0.4 is 5.32 Å². The Balaban J connectivity index is 1.68. The van der Waals surface area contributed by atoms with Crippen molar-refractivity contribution in [1.82, 2.24) is 10.2 Å². The van der Waals surface area contributed by atoms with Gasteiger partial charge in [-0.15, -0.1) is 0 Å². The molecule has 3 heteroatoms. The summed E-state index contributed by atoms with van der Waals surface area (Å²) in [6.45, 7) is 2.01. The molecule has 1 saturated heterocycles. The Kier molecular flexibility index (Phi) is 4.22. The average Bonchev–Trinajstić information content (AvgIpc) is 2.24. The SMILES string of the molecule is CN(CC1CCCCN1)C(=O)CC1CCC1. The molecular formula is C13H24N2O. The molecule has 1 unspecified atom stereocenters. The van der Waals surface area contributed by atoms with Crippen molar-refractivity contribution in [3.05, 3.63) is 0 Å². The molecule has 3 nitrogen and oxygen atoms in total. The lowest BCUT2D eigenvalue weighted by Gasteiger charge is -2.31. The molecule has 0 spiro atoms. The molecule has 0 bridgehead atoms. The number of rotatable bonds is 4. The van der Waals surface area contributed by atoms with Crippen molar-refractivity contribution in [2.75, 3.05) is 20.1 Å². The van der Waals surface area contributed by atoms with Crippen LogP contribution in [0.1, 0.15) is 44.9 Å². The van der Waals surface area contributed by atoms with E-state index in [0.717, 1.165) is 19.5 Å². The maximum atomic E-state index is 11.9. The van der Waals surface area contributed by atoms with Crippen LogP contribution in [0.25, 0.3) is 0 Å². The van der Waals surface area contributed by atoms with Crippen molar-refractivity contribution in [3.63, 3.8) is 0 Å². The van der Waals surface area contributed by atoms with E-state index in [-0.39, 0.29) is 0 Å². The van der Waals surface area contributed by atoms with Crippen LogP contribution in [-0.4, -0.2) is 37.0 Å². The number of carbonyl (C=O) groups excluding carboxylic acids is 1. The largest absolute Gasteiger partial charge is 0.344 e. The minimum Gasteiger partial charge on any atom is -0.344 e. The smallest absolute Gasteiger partial charge is 0.222 e. The molecule has 1 N–H and O–H groups in total. The van der Waals surface area contributed by atoms with Crippen molar-refractivity contribution in [2.45, 2.75) is 51.0 Å². The van der Waals surface area contributed by atoms with Gasteiger partial charge in [0.2, 0.25) is 5.91 Å². The second-order valence-corrected chi connectivity index (χ2v) is 5.42. The van der Waals surface area contributed by atoms with Gasteiger partial charge in [0.15, 0.2) is 0 Å². The number of nitrogens with zero attached hydrogens (tertiary/aromatic N) is 1. The normalized spacial score (nSPS) is 26.2. The third kappa shape index (κ3) is 3.21. The van der Waals surface area contributed by atoms with E-state index < -0.39 is 0 Å². The lowest BCUT2D eigenvalue weighted by Crippen LogP contribution is -2.44. The quantitative estimate of drug-likeness (QED) is 0.789. The lowest BCUT2D eigenvalue weighted by atomic mass is 9.82. The van der Waals surface area contributed by atoms with Crippen LogP contribution in [0.15, 0.2) is 0 Å². The second kappa shape index (κ2) is 5.67. The van der Waals surface area contributed by atoms with Crippen molar-refractivity contribution in [2.24, 2.45) is 5.92 Å². The summed E-state index contributed by atoms with van der Waals surface area (Å²) in [7, 11) is 1.96. The summed E-state index contributed by atoms with van der Waals surface area (Å²) < 4.78 is 0. The minimum absolute atomic E-state index is 0.345. The molecule has 1 saturated carbocycles. The first-order valence-corrected chi connectivity index (χ1v) is 6.73. The first-order chi connectivity index (χ1) is 7.75. The zero-order chi connectivity index (χ0) is 11.4. The first kappa shape index (κ1) is 11.9. The van der Waals surface area contributed by atoms with Gasteiger partial charge >= 0.3 is 0 Å². The fourth-order valence-corrected chi connectivity index (χ4v) is 2.61. The number of hydrogen-bond donors (Lipinski definition) is 1. The molecule has 2 fully saturated rings. The Morgan fingerprint density at radius 3 is 2.62 bits per heavy atom. The van der Waals surface area contributed by atoms with Crippen LogP contribution in [0.5, 0.6) is 0 Å². The van der Waals surface area contributed by atoms with Gasteiger partial charge in [0.1, 0.15) is 0 Å². The summed E-state index contributed by atoms with van der Waals surface area (Å²) in [4.78, 5) is 13.8. The van der Waals surface area contributed by atoms with Crippen molar-refractivity contribution in [3.8, 4) is 0 Å². The molecule has 92 valence electrons. The van der Waals surface area contributed by atoms with Gasteiger partial charge in [-0.2, -0.15) is 0 Å². The first-order valence-electron chi connectivity index (χ1n) is 6.73. The van der Waals surface area contributed by atoms with E-state index in [1.807, 2.05) is 11.9 Å².